The van der Waals surface area contributed by atoms with E-state index >= 15 is 0 Å². The van der Waals surface area contributed by atoms with Gasteiger partial charge in [-0.3, -0.25) is 9.48 Å². The van der Waals surface area contributed by atoms with E-state index in [1.165, 1.54) is 5.56 Å². The van der Waals surface area contributed by atoms with Crippen molar-refractivity contribution in [3.63, 3.8) is 0 Å². The van der Waals surface area contributed by atoms with Crippen LogP contribution in [0.1, 0.15) is 16.7 Å². The summed E-state index contributed by atoms with van der Waals surface area (Å²) in [5.74, 6) is 0.505. The molecule has 128 valence electrons. The molecule has 0 atom stereocenters. The zero-order valence-corrected chi connectivity index (χ0v) is 14.4. The molecule has 0 fully saturated rings. The van der Waals surface area contributed by atoms with Crippen molar-refractivity contribution in [2.75, 3.05) is 11.9 Å². The smallest absolute Gasteiger partial charge is 0.262 e. The van der Waals surface area contributed by atoms with Gasteiger partial charge >= 0.3 is 0 Å². The Labute approximate surface area is 147 Å². The van der Waals surface area contributed by atoms with Crippen molar-refractivity contribution >= 4 is 11.6 Å². The van der Waals surface area contributed by atoms with E-state index in [9.17, 15) is 4.79 Å². The lowest BCUT2D eigenvalue weighted by Crippen LogP contribution is -2.20. The van der Waals surface area contributed by atoms with Gasteiger partial charge in [0, 0.05) is 6.20 Å². The molecular weight excluding hydrogens is 314 g/mol. The third-order valence-electron chi connectivity index (χ3n) is 3.83. The number of hydrogen-bond donors (Lipinski definition) is 1. The van der Waals surface area contributed by atoms with Crippen LogP contribution in [0.25, 0.3) is 0 Å². The fourth-order valence-corrected chi connectivity index (χ4v) is 2.45. The van der Waals surface area contributed by atoms with Crippen molar-refractivity contribution in [3.05, 3.63) is 77.6 Å². The molecule has 5 nitrogen and oxygen atoms in total. The van der Waals surface area contributed by atoms with E-state index in [4.69, 9.17) is 4.74 Å². The second-order valence-electron chi connectivity index (χ2n) is 6.01. The maximum atomic E-state index is 12.0. The second kappa shape index (κ2) is 7.66. The molecule has 0 spiro atoms. The van der Waals surface area contributed by atoms with Crippen molar-refractivity contribution < 1.29 is 9.53 Å². The monoisotopic (exact) mass is 335 g/mol. The summed E-state index contributed by atoms with van der Waals surface area (Å²) >= 11 is 0. The van der Waals surface area contributed by atoms with Crippen molar-refractivity contribution in [2.45, 2.75) is 20.4 Å². The predicted molar refractivity (Wildman–Crippen MR) is 97.8 cm³/mol. The standard InChI is InChI=1S/C20H21N3O2/c1-15-7-9-17(10-8-15)12-23-13-18(11-21-23)22-20(24)14-25-19-6-4-3-5-16(19)2/h3-11,13H,12,14H2,1-2H3,(H,22,24). The van der Waals surface area contributed by atoms with Crippen LogP contribution in [0, 0.1) is 13.8 Å². The summed E-state index contributed by atoms with van der Waals surface area (Å²) < 4.78 is 7.34. The molecule has 25 heavy (non-hydrogen) atoms. The highest BCUT2D eigenvalue weighted by atomic mass is 16.5. The number of ether oxygens (including phenoxy) is 1. The zero-order chi connectivity index (χ0) is 17.6. The van der Waals surface area contributed by atoms with E-state index in [1.807, 2.05) is 37.4 Å². The minimum Gasteiger partial charge on any atom is -0.483 e. The van der Waals surface area contributed by atoms with Crippen LogP contribution in [0.3, 0.4) is 0 Å². The SMILES string of the molecule is Cc1ccc(Cn2cc(NC(=O)COc3ccccc3C)cn2)cc1. The van der Waals surface area contributed by atoms with Crippen LogP contribution in [0.5, 0.6) is 5.75 Å². The number of hydrogen-bond acceptors (Lipinski definition) is 3. The molecule has 1 amide bonds. The Hall–Kier alpha value is -3.08. The van der Waals surface area contributed by atoms with Gasteiger partial charge in [-0.2, -0.15) is 5.10 Å². The molecule has 3 rings (SSSR count). The Kier molecular flexibility index (Phi) is 5.14. The molecule has 0 unspecified atom stereocenters. The Morgan fingerprint density at radius 2 is 1.88 bits per heavy atom. The summed E-state index contributed by atoms with van der Waals surface area (Å²) in [5.41, 5.74) is 4.05. The molecule has 0 bridgehead atoms. The number of carbonyl (C=O) groups is 1. The molecule has 0 saturated carbocycles. The molecule has 0 aliphatic heterocycles. The molecule has 1 heterocycles. The van der Waals surface area contributed by atoms with Gasteiger partial charge in [-0.15, -0.1) is 0 Å². The van der Waals surface area contributed by atoms with Crippen LogP contribution in [0.15, 0.2) is 60.9 Å². The number of rotatable bonds is 6. The second-order valence-corrected chi connectivity index (χ2v) is 6.01. The third kappa shape index (κ3) is 4.70. The van der Waals surface area contributed by atoms with Gasteiger partial charge in [0.15, 0.2) is 6.61 Å². The summed E-state index contributed by atoms with van der Waals surface area (Å²) in [7, 11) is 0. The molecule has 2 aromatic carbocycles. The average Bonchev–Trinajstić information content (AvgIpc) is 3.03. The first-order chi connectivity index (χ1) is 12.1. The first-order valence-electron chi connectivity index (χ1n) is 8.16. The molecule has 0 aliphatic rings. The summed E-state index contributed by atoms with van der Waals surface area (Å²) in [6.45, 7) is 4.64. The lowest BCUT2D eigenvalue weighted by Gasteiger charge is -2.08. The minimum absolute atomic E-state index is 0.0337. The molecule has 0 saturated heterocycles. The number of aryl methyl sites for hydroxylation is 2. The van der Waals surface area contributed by atoms with Crippen molar-refractivity contribution in [2.24, 2.45) is 0 Å². The van der Waals surface area contributed by atoms with Crippen LogP contribution in [-0.4, -0.2) is 22.3 Å². The number of benzene rings is 2. The number of amides is 1. The molecule has 0 radical (unpaired) electrons. The van der Waals surface area contributed by atoms with E-state index in [2.05, 4.69) is 41.6 Å². The van der Waals surface area contributed by atoms with E-state index in [0.29, 0.717) is 18.0 Å². The number of para-hydroxylation sites is 1. The lowest BCUT2D eigenvalue weighted by atomic mass is 10.1. The van der Waals surface area contributed by atoms with Crippen LogP contribution < -0.4 is 10.1 Å². The summed E-state index contributed by atoms with van der Waals surface area (Å²) in [6, 6.07) is 15.9. The zero-order valence-electron chi connectivity index (χ0n) is 14.4. The van der Waals surface area contributed by atoms with Crippen LogP contribution in [0.4, 0.5) is 5.69 Å². The fraction of sp³-hybridized carbons (Fsp3) is 0.200. The normalized spacial score (nSPS) is 10.5. The number of nitrogens with one attached hydrogen (secondary N) is 1. The van der Waals surface area contributed by atoms with E-state index in [0.717, 1.165) is 11.1 Å². The first-order valence-corrected chi connectivity index (χ1v) is 8.16. The average molecular weight is 335 g/mol. The fourth-order valence-electron chi connectivity index (χ4n) is 2.45. The summed E-state index contributed by atoms with van der Waals surface area (Å²) in [5, 5.41) is 7.08. The summed E-state index contributed by atoms with van der Waals surface area (Å²) in [6.07, 6.45) is 3.45. The molecule has 3 aromatic rings. The maximum Gasteiger partial charge on any atom is 0.262 e. The van der Waals surface area contributed by atoms with E-state index in [-0.39, 0.29) is 12.5 Å². The minimum atomic E-state index is -0.210. The highest BCUT2D eigenvalue weighted by Crippen LogP contribution is 2.16. The van der Waals surface area contributed by atoms with Gasteiger partial charge in [0.25, 0.3) is 5.91 Å². The highest BCUT2D eigenvalue weighted by Gasteiger charge is 2.07. The number of carbonyl (C=O) groups excluding carboxylic acids is 1. The topological polar surface area (TPSA) is 56.2 Å². The van der Waals surface area contributed by atoms with Crippen molar-refractivity contribution in [3.8, 4) is 5.75 Å². The third-order valence-corrected chi connectivity index (χ3v) is 3.83. The van der Waals surface area contributed by atoms with Gasteiger partial charge in [-0.1, -0.05) is 48.0 Å². The Bertz CT molecular complexity index is 853. The predicted octanol–water partition coefficient (Wildman–Crippen LogP) is 3.57. The van der Waals surface area contributed by atoms with Crippen molar-refractivity contribution in [1.29, 1.82) is 0 Å². The number of nitrogens with zero attached hydrogens (tertiary/aromatic N) is 2. The Morgan fingerprint density at radius 1 is 1.12 bits per heavy atom. The molecule has 0 aliphatic carbocycles. The van der Waals surface area contributed by atoms with E-state index in [1.54, 1.807) is 10.9 Å². The van der Waals surface area contributed by atoms with Gasteiger partial charge in [0.1, 0.15) is 5.75 Å². The first kappa shape index (κ1) is 16.8. The van der Waals surface area contributed by atoms with Crippen LogP contribution >= 0.6 is 0 Å². The van der Waals surface area contributed by atoms with Crippen molar-refractivity contribution in [1.82, 2.24) is 9.78 Å². The lowest BCUT2D eigenvalue weighted by molar-refractivity contribution is -0.118. The van der Waals surface area contributed by atoms with Gasteiger partial charge in [-0.05, 0) is 31.0 Å². The molecule has 1 aromatic heterocycles. The quantitative estimate of drug-likeness (QED) is 0.749. The Morgan fingerprint density at radius 3 is 2.64 bits per heavy atom. The highest BCUT2D eigenvalue weighted by molar-refractivity contribution is 5.91. The summed E-state index contributed by atoms with van der Waals surface area (Å²) in [4.78, 5) is 12.0. The van der Waals surface area contributed by atoms with Gasteiger partial charge in [0.05, 0.1) is 18.4 Å². The molecule has 5 heteroatoms. The largest absolute Gasteiger partial charge is 0.483 e. The maximum absolute atomic E-state index is 12.0. The van der Waals surface area contributed by atoms with Gasteiger partial charge in [-0.25, -0.2) is 0 Å². The molecular formula is C20H21N3O2. The van der Waals surface area contributed by atoms with E-state index < -0.39 is 0 Å². The Balaban J connectivity index is 1.53. The van der Waals surface area contributed by atoms with Gasteiger partial charge < -0.3 is 10.1 Å². The number of anilines is 1. The van der Waals surface area contributed by atoms with Crippen LogP contribution in [-0.2, 0) is 11.3 Å². The van der Waals surface area contributed by atoms with Crippen LogP contribution in [0.2, 0.25) is 0 Å². The van der Waals surface area contributed by atoms with Gasteiger partial charge in [0.2, 0.25) is 0 Å². The number of aromatic nitrogens is 2. The molecule has 1 N–H and O–H groups in total.